The van der Waals surface area contributed by atoms with Crippen molar-refractivity contribution in [2.24, 2.45) is 0 Å². The van der Waals surface area contributed by atoms with Gasteiger partial charge in [0.1, 0.15) is 0 Å². The van der Waals surface area contributed by atoms with Crippen LogP contribution in [0.25, 0.3) is 0 Å². The number of carbonyl (C=O) groups excluding carboxylic acids is 1. The van der Waals surface area contributed by atoms with Crippen molar-refractivity contribution < 1.29 is 24.9 Å². The predicted molar refractivity (Wildman–Crippen MR) is 58.5 cm³/mol. The van der Waals surface area contributed by atoms with E-state index >= 15 is 0 Å². The average molecular weight is 246 g/mol. The maximum absolute atomic E-state index is 11.7. The second-order valence-corrected chi connectivity index (χ2v) is 4.39. The van der Waals surface area contributed by atoms with Crippen LogP contribution in [0.15, 0.2) is 0 Å². The number of hydrogen-bond donors (Lipinski definition) is 4. The third kappa shape index (κ3) is 3.86. The summed E-state index contributed by atoms with van der Waals surface area (Å²) in [5, 5.41) is 29.3. The fraction of sp³-hybridized carbons (Fsp3) is 0.800. The first-order chi connectivity index (χ1) is 7.88. The van der Waals surface area contributed by atoms with Crippen LogP contribution in [0.2, 0.25) is 0 Å². The fourth-order valence-corrected chi connectivity index (χ4v) is 1.37. The van der Waals surface area contributed by atoms with Crippen molar-refractivity contribution in [1.29, 1.82) is 0 Å². The molecular formula is C10H18N2O5. The number of amides is 2. The van der Waals surface area contributed by atoms with Crippen LogP contribution in [-0.4, -0.2) is 63.6 Å². The quantitative estimate of drug-likeness (QED) is 0.480. The number of rotatable bonds is 6. The summed E-state index contributed by atoms with van der Waals surface area (Å²) in [6, 6.07) is -0.333. The van der Waals surface area contributed by atoms with Gasteiger partial charge >= 0.3 is 12.0 Å². The standard InChI is InChI=1S/C10H18N2O5/c1-10(17,8(14)15)6-11-9(16)12(4-5-13)7-2-3-7/h7,13,17H,2-6H2,1H3,(H,11,16)(H,14,15). The zero-order chi connectivity index (χ0) is 13.1. The average Bonchev–Trinajstić information content (AvgIpc) is 3.06. The van der Waals surface area contributed by atoms with Gasteiger partial charge in [-0.1, -0.05) is 0 Å². The summed E-state index contributed by atoms with van der Waals surface area (Å²) in [6.07, 6.45) is 1.78. The van der Waals surface area contributed by atoms with Gasteiger partial charge in [0.05, 0.1) is 13.2 Å². The summed E-state index contributed by atoms with van der Waals surface area (Å²) in [5.74, 6) is -1.39. The molecule has 1 saturated carbocycles. The van der Waals surface area contributed by atoms with Crippen molar-refractivity contribution in [3.8, 4) is 0 Å². The van der Waals surface area contributed by atoms with E-state index < -0.39 is 17.6 Å². The molecule has 7 nitrogen and oxygen atoms in total. The number of carbonyl (C=O) groups is 2. The van der Waals surface area contributed by atoms with E-state index in [-0.39, 0.29) is 25.7 Å². The van der Waals surface area contributed by atoms with E-state index in [1.165, 1.54) is 4.90 Å². The van der Waals surface area contributed by atoms with Crippen molar-refractivity contribution in [1.82, 2.24) is 10.2 Å². The number of nitrogens with one attached hydrogen (secondary N) is 1. The Hall–Kier alpha value is -1.34. The number of aliphatic carboxylic acids is 1. The van der Waals surface area contributed by atoms with E-state index in [0.717, 1.165) is 19.8 Å². The molecule has 0 aromatic heterocycles. The van der Waals surface area contributed by atoms with Gasteiger partial charge in [-0.3, -0.25) is 0 Å². The predicted octanol–water partition coefficient (Wildman–Crippen LogP) is -1.01. The lowest BCUT2D eigenvalue weighted by Gasteiger charge is -2.24. The minimum Gasteiger partial charge on any atom is -0.479 e. The number of carboxylic acid groups (broad SMARTS) is 1. The van der Waals surface area contributed by atoms with Crippen LogP contribution in [0, 0.1) is 0 Å². The van der Waals surface area contributed by atoms with Gasteiger partial charge in [-0.25, -0.2) is 9.59 Å². The van der Waals surface area contributed by atoms with Gasteiger partial charge in [-0.05, 0) is 19.8 Å². The van der Waals surface area contributed by atoms with Crippen molar-refractivity contribution in [2.45, 2.75) is 31.4 Å². The molecule has 0 bridgehead atoms. The number of nitrogens with zero attached hydrogens (tertiary/aromatic N) is 1. The van der Waals surface area contributed by atoms with Gasteiger partial charge in [0.15, 0.2) is 5.60 Å². The minimum atomic E-state index is -1.98. The van der Waals surface area contributed by atoms with Crippen LogP contribution in [0.3, 0.4) is 0 Å². The van der Waals surface area contributed by atoms with Crippen LogP contribution < -0.4 is 5.32 Å². The molecule has 0 saturated heterocycles. The SMILES string of the molecule is CC(O)(CNC(=O)N(CCO)C1CC1)C(=O)O. The van der Waals surface area contributed by atoms with E-state index in [1.807, 2.05) is 0 Å². The van der Waals surface area contributed by atoms with Crippen LogP contribution >= 0.6 is 0 Å². The molecular weight excluding hydrogens is 228 g/mol. The normalized spacial score (nSPS) is 18.3. The molecule has 7 heteroatoms. The summed E-state index contributed by atoms with van der Waals surface area (Å²) in [5.41, 5.74) is -1.98. The maximum atomic E-state index is 11.7. The molecule has 0 aromatic carbocycles. The van der Waals surface area contributed by atoms with Crippen molar-refractivity contribution in [3.05, 3.63) is 0 Å². The van der Waals surface area contributed by atoms with E-state index in [1.54, 1.807) is 0 Å². The number of carboxylic acids is 1. The Kier molecular flexibility index (Phi) is 4.30. The number of aliphatic hydroxyl groups excluding tert-OH is 1. The first-order valence-corrected chi connectivity index (χ1v) is 5.49. The first-order valence-electron chi connectivity index (χ1n) is 5.49. The van der Waals surface area contributed by atoms with E-state index in [0.29, 0.717) is 0 Å². The van der Waals surface area contributed by atoms with Gasteiger partial charge in [0.25, 0.3) is 0 Å². The highest BCUT2D eigenvalue weighted by molar-refractivity contribution is 5.79. The highest BCUT2D eigenvalue weighted by Gasteiger charge is 2.35. The lowest BCUT2D eigenvalue weighted by atomic mass is 10.1. The van der Waals surface area contributed by atoms with Gasteiger partial charge in [-0.15, -0.1) is 0 Å². The van der Waals surface area contributed by atoms with Crippen LogP contribution in [0.1, 0.15) is 19.8 Å². The Bertz CT molecular complexity index is 301. The number of aliphatic hydroxyl groups is 2. The summed E-state index contributed by atoms with van der Waals surface area (Å²) < 4.78 is 0. The summed E-state index contributed by atoms with van der Waals surface area (Å²) in [4.78, 5) is 23.8. The van der Waals surface area contributed by atoms with E-state index in [9.17, 15) is 14.7 Å². The third-order valence-electron chi connectivity index (χ3n) is 2.63. The van der Waals surface area contributed by atoms with E-state index in [2.05, 4.69) is 5.32 Å². The Morgan fingerprint density at radius 1 is 1.47 bits per heavy atom. The zero-order valence-corrected chi connectivity index (χ0v) is 9.72. The third-order valence-corrected chi connectivity index (χ3v) is 2.63. The molecule has 0 aliphatic heterocycles. The first kappa shape index (κ1) is 13.7. The molecule has 1 atom stereocenters. The second kappa shape index (κ2) is 5.33. The summed E-state index contributed by atoms with van der Waals surface area (Å²) in [6.45, 7) is 0.823. The Morgan fingerprint density at radius 2 is 2.06 bits per heavy atom. The molecule has 1 unspecified atom stereocenters. The van der Waals surface area contributed by atoms with Gasteiger partial charge in [0.2, 0.25) is 0 Å². The van der Waals surface area contributed by atoms with Crippen molar-refractivity contribution >= 4 is 12.0 Å². The number of urea groups is 1. The lowest BCUT2D eigenvalue weighted by molar-refractivity contribution is -0.155. The zero-order valence-electron chi connectivity index (χ0n) is 9.72. The molecule has 2 amide bonds. The van der Waals surface area contributed by atoms with E-state index in [4.69, 9.17) is 10.2 Å². The Labute approximate surface area is 99.0 Å². The van der Waals surface area contributed by atoms with Crippen LogP contribution in [0.4, 0.5) is 4.79 Å². The van der Waals surface area contributed by atoms with Crippen LogP contribution in [0.5, 0.6) is 0 Å². The highest BCUT2D eigenvalue weighted by atomic mass is 16.4. The Morgan fingerprint density at radius 3 is 2.47 bits per heavy atom. The highest BCUT2D eigenvalue weighted by Crippen LogP contribution is 2.26. The molecule has 1 fully saturated rings. The van der Waals surface area contributed by atoms with Gasteiger partial charge in [0, 0.05) is 12.6 Å². The molecule has 98 valence electrons. The minimum absolute atomic E-state index is 0.122. The van der Waals surface area contributed by atoms with Gasteiger partial charge in [-0.2, -0.15) is 0 Å². The second-order valence-electron chi connectivity index (χ2n) is 4.39. The van der Waals surface area contributed by atoms with Gasteiger partial charge < -0.3 is 25.5 Å². The molecule has 0 aromatic rings. The molecule has 1 aliphatic rings. The summed E-state index contributed by atoms with van der Waals surface area (Å²) in [7, 11) is 0. The molecule has 1 rings (SSSR count). The van der Waals surface area contributed by atoms with Crippen molar-refractivity contribution in [2.75, 3.05) is 19.7 Å². The lowest BCUT2D eigenvalue weighted by Crippen LogP contribution is -2.51. The Balaban J connectivity index is 2.44. The molecule has 17 heavy (non-hydrogen) atoms. The molecule has 0 radical (unpaired) electrons. The molecule has 0 spiro atoms. The maximum Gasteiger partial charge on any atom is 0.337 e. The largest absolute Gasteiger partial charge is 0.479 e. The van der Waals surface area contributed by atoms with Crippen molar-refractivity contribution in [3.63, 3.8) is 0 Å². The fourth-order valence-electron chi connectivity index (χ4n) is 1.37. The smallest absolute Gasteiger partial charge is 0.337 e. The van der Waals surface area contributed by atoms with Crippen LogP contribution in [-0.2, 0) is 4.79 Å². The number of hydrogen-bond acceptors (Lipinski definition) is 4. The molecule has 1 aliphatic carbocycles. The molecule has 0 heterocycles. The monoisotopic (exact) mass is 246 g/mol. The summed E-state index contributed by atoms with van der Waals surface area (Å²) >= 11 is 0. The topological polar surface area (TPSA) is 110 Å². The molecule has 4 N–H and O–H groups in total.